The molecule has 0 aromatic heterocycles. The summed E-state index contributed by atoms with van der Waals surface area (Å²) in [6.45, 7) is 8.81. The molecule has 0 bridgehead atoms. The predicted octanol–water partition coefficient (Wildman–Crippen LogP) is 4.19. The summed E-state index contributed by atoms with van der Waals surface area (Å²) >= 11 is 0. The minimum atomic E-state index is 0.0559. The molecular formula is C15H22O. The standard InChI is InChI=1S/C15H22O/c1-5-9-15(4)10-8-13-7-6-11(2)12(3)14(13)16-15/h6-7H,5,8-10H2,1-4H3. The van der Waals surface area contributed by atoms with E-state index >= 15 is 0 Å². The molecule has 0 saturated heterocycles. The van der Waals surface area contributed by atoms with Crippen LogP contribution in [0.15, 0.2) is 12.1 Å². The molecule has 1 aliphatic heterocycles. The smallest absolute Gasteiger partial charge is 0.126 e. The number of hydrogen-bond acceptors (Lipinski definition) is 1. The van der Waals surface area contributed by atoms with Crippen molar-refractivity contribution in [2.24, 2.45) is 0 Å². The fourth-order valence-corrected chi connectivity index (χ4v) is 2.59. The molecule has 1 unspecified atom stereocenters. The van der Waals surface area contributed by atoms with Crippen LogP contribution in [0.25, 0.3) is 0 Å². The van der Waals surface area contributed by atoms with Crippen LogP contribution < -0.4 is 4.74 Å². The third kappa shape index (κ3) is 1.95. The van der Waals surface area contributed by atoms with Gasteiger partial charge in [-0.2, -0.15) is 0 Å². The summed E-state index contributed by atoms with van der Waals surface area (Å²) in [5.74, 6) is 1.15. The molecule has 1 atom stereocenters. The quantitative estimate of drug-likeness (QED) is 0.723. The van der Waals surface area contributed by atoms with Crippen molar-refractivity contribution in [3.63, 3.8) is 0 Å². The van der Waals surface area contributed by atoms with Crippen LogP contribution in [-0.4, -0.2) is 5.60 Å². The summed E-state index contributed by atoms with van der Waals surface area (Å²) < 4.78 is 6.27. The molecule has 0 N–H and O–H groups in total. The molecule has 0 aliphatic carbocycles. The fourth-order valence-electron chi connectivity index (χ4n) is 2.59. The van der Waals surface area contributed by atoms with Gasteiger partial charge in [-0.15, -0.1) is 0 Å². The van der Waals surface area contributed by atoms with E-state index in [4.69, 9.17) is 4.74 Å². The van der Waals surface area contributed by atoms with E-state index in [-0.39, 0.29) is 5.60 Å². The van der Waals surface area contributed by atoms with Gasteiger partial charge >= 0.3 is 0 Å². The van der Waals surface area contributed by atoms with Gasteiger partial charge in [-0.3, -0.25) is 0 Å². The summed E-state index contributed by atoms with van der Waals surface area (Å²) in [5, 5.41) is 0. The van der Waals surface area contributed by atoms with Crippen LogP contribution in [0.2, 0.25) is 0 Å². The van der Waals surface area contributed by atoms with Crippen LogP contribution in [-0.2, 0) is 6.42 Å². The number of rotatable bonds is 2. The molecule has 0 spiro atoms. The lowest BCUT2D eigenvalue weighted by Crippen LogP contribution is -2.36. The molecule has 16 heavy (non-hydrogen) atoms. The first-order valence-corrected chi connectivity index (χ1v) is 6.34. The highest BCUT2D eigenvalue weighted by atomic mass is 16.5. The zero-order chi connectivity index (χ0) is 11.8. The van der Waals surface area contributed by atoms with E-state index in [2.05, 4.69) is 39.8 Å². The Hall–Kier alpha value is -0.980. The van der Waals surface area contributed by atoms with E-state index < -0.39 is 0 Å². The Morgan fingerprint density at radius 3 is 2.75 bits per heavy atom. The van der Waals surface area contributed by atoms with E-state index in [1.165, 1.54) is 23.1 Å². The van der Waals surface area contributed by atoms with E-state index in [0.717, 1.165) is 25.0 Å². The second-order valence-corrected chi connectivity index (χ2v) is 5.30. The molecule has 88 valence electrons. The Labute approximate surface area is 98.8 Å². The van der Waals surface area contributed by atoms with Crippen molar-refractivity contribution < 1.29 is 4.74 Å². The first-order chi connectivity index (χ1) is 7.56. The van der Waals surface area contributed by atoms with Gasteiger partial charge in [0.05, 0.1) is 0 Å². The minimum Gasteiger partial charge on any atom is -0.487 e. The molecule has 0 radical (unpaired) electrons. The summed E-state index contributed by atoms with van der Waals surface area (Å²) in [4.78, 5) is 0. The van der Waals surface area contributed by atoms with E-state index in [1.54, 1.807) is 0 Å². The summed E-state index contributed by atoms with van der Waals surface area (Å²) in [7, 11) is 0. The molecular weight excluding hydrogens is 196 g/mol. The van der Waals surface area contributed by atoms with Crippen molar-refractivity contribution in [1.29, 1.82) is 0 Å². The second kappa shape index (κ2) is 4.12. The van der Waals surface area contributed by atoms with Crippen molar-refractivity contribution in [2.75, 3.05) is 0 Å². The number of benzene rings is 1. The molecule has 1 nitrogen and oxygen atoms in total. The van der Waals surface area contributed by atoms with Gasteiger partial charge in [0.2, 0.25) is 0 Å². The van der Waals surface area contributed by atoms with E-state index in [9.17, 15) is 0 Å². The van der Waals surface area contributed by atoms with Crippen LogP contribution in [0.3, 0.4) is 0 Å². The molecule has 0 fully saturated rings. The molecule has 0 amide bonds. The monoisotopic (exact) mass is 218 g/mol. The molecule has 1 heteroatoms. The van der Waals surface area contributed by atoms with Gasteiger partial charge in [0, 0.05) is 0 Å². The lowest BCUT2D eigenvalue weighted by atomic mass is 9.87. The Balaban J connectivity index is 2.35. The van der Waals surface area contributed by atoms with Crippen LogP contribution in [0.1, 0.15) is 49.8 Å². The average molecular weight is 218 g/mol. The van der Waals surface area contributed by atoms with Crippen LogP contribution >= 0.6 is 0 Å². The lowest BCUT2D eigenvalue weighted by Gasteiger charge is -2.37. The zero-order valence-corrected chi connectivity index (χ0v) is 10.9. The molecule has 0 saturated carbocycles. The molecule has 2 rings (SSSR count). The normalized spacial score (nSPS) is 23.8. The first-order valence-electron chi connectivity index (χ1n) is 6.34. The maximum Gasteiger partial charge on any atom is 0.126 e. The summed E-state index contributed by atoms with van der Waals surface area (Å²) in [5.41, 5.74) is 4.09. The molecule has 1 aromatic carbocycles. The maximum absolute atomic E-state index is 6.27. The molecule has 1 aliphatic rings. The van der Waals surface area contributed by atoms with Crippen molar-refractivity contribution in [2.45, 2.75) is 59.0 Å². The first kappa shape index (κ1) is 11.5. The highest BCUT2D eigenvalue weighted by Crippen LogP contribution is 2.38. The third-order valence-corrected chi connectivity index (χ3v) is 3.81. The Morgan fingerprint density at radius 1 is 1.31 bits per heavy atom. The number of hydrogen-bond donors (Lipinski definition) is 0. The average Bonchev–Trinajstić information content (AvgIpc) is 2.25. The Morgan fingerprint density at radius 2 is 2.06 bits per heavy atom. The van der Waals surface area contributed by atoms with Gasteiger partial charge in [-0.25, -0.2) is 0 Å². The molecule has 1 heterocycles. The van der Waals surface area contributed by atoms with Gasteiger partial charge in [0.25, 0.3) is 0 Å². The number of ether oxygens (including phenoxy) is 1. The van der Waals surface area contributed by atoms with Gasteiger partial charge in [-0.1, -0.05) is 25.5 Å². The van der Waals surface area contributed by atoms with Crippen molar-refractivity contribution in [3.8, 4) is 5.75 Å². The molecule has 1 aromatic rings. The maximum atomic E-state index is 6.27. The van der Waals surface area contributed by atoms with Crippen LogP contribution in [0, 0.1) is 13.8 Å². The van der Waals surface area contributed by atoms with Gasteiger partial charge in [0.1, 0.15) is 11.4 Å². The fraction of sp³-hybridized carbons (Fsp3) is 0.600. The van der Waals surface area contributed by atoms with E-state index in [1.807, 2.05) is 0 Å². The van der Waals surface area contributed by atoms with Gasteiger partial charge < -0.3 is 4.74 Å². The lowest BCUT2D eigenvalue weighted by molar-refractivity contribution is 0.0546. The third-order valence-electron chi connectivity index (χ3n) is 3.81. The SMILES string of the molecule is CCCC1(C)CCc2ccc(C)c(C)c2O1. The van der Waals surface area contributed by atoms with Crippen LogP contribution in [0.4, 0.5) is 0 Å². The number of fused-ring (bicyclic) bond motifs is 1. The predicted molar refractivity (Wildman–Crippen MR) is 68.2 cm³/mol. The highest BCUT2D eigenvalue weighted by Gasteiger charge is 2.31. The van der Waals surface area contributed by atoms with E-state index in [0.29, 0.717) is 0 Å². The second-order valence-electron chi connectivity index (χ2n) is 5.30. The Kier molecular flexibility index (Phi) is 2.96. The largest absolute Gasteiger partial charge is 0.487 e. The number of aryl methyl sites for hydroxylation is 2. The van der Waals surface area contributed by atoms with Crippen LogP contribution in [0.5, 0.6) is 5.75 Å². The van der Waals surface area contributed by atoms with Crippen molar-refractivity contribution in [3.05, 3.63) is 28.8 Å². The topological polar surface area (TPSA) is 9.23 Å². The van der Waals surface area contributed by atoms with Crippen molar-refractivity contribution in [1.82, 2.24) is 0 Å². The zero-order valence-electron chi connectivity index (χ0n) is 10.9. The highest BCUT2D eigenvalue weighted by molar-refractivity contribution is 5.46. The summed E-state index contributed by atoms with van der Waals surface area (Å²) in [6, 6.07) is 4.43. The van der Waals surface area contributed by atoms with Gasteiger partial charge in [-0.05, 0) is 56.7 Å². The Bertz CT molecular complexity index is 395. The minimum absolute atomic E-state index is 0.0559. The van der Waals surface area contributed by atoms with Crippen molar-refractivity contribution >= 4 is 0 Å². The van der Waals surface area contributed by atoms with Gasteiger partial charge in [0.15, 0.2) is 0 Å². The summed E-state index contributed by atoms with van der Waals surface area (Å²) in [6.07, 6.45) is 4.65.